The van der Waals surface area contributed by atoms with E-state index < -0.39 is 0 Å². The molecule has 0 radical (unpaired) electrons. The summed E-state index contributed by atoms with van der Waals surface area (Å²) >= 11 is 1.74. The summed E-state index contributed by atoms with van der Waals surface area (Å²) in [4.78, 5) is 28.6. The fourth-order valence-electron chi connectivity index (χ4n) is 3.45. The third kappa shape index (κ3) is 6.37. The lowest BCUT2D eigenvalue weighted by Crippen LogP contribution is -2.41. The summed E-state index contributed by atoms with van der Waals surface area (Å²) in [6.45, 7) is 2.72. The molecule has 4 rings (SSSR count). The first-order valence-electron chi connectivity index (χ1n) is 10.9. The van der Waals surface area contributed by atoms with Crippen LogP contribution < -0.4 is 10.1 Å². The van der Waals surface area contributed by atoms with Crippen LogP contribution in [-0.2, 0) is 4.74 Å². The number of ether oxygens (including phenoxy) is 2. The van der Waals surface area contributed by atoms with Crippen LogP contribution in [0.1, 0.15) is 20.7 Å². The van der Waals surface area contributed by atoms with Gasteiger partial charge in [-0.05, 0) is 48.5 Å². The fraction of sp³-hybridized carbons (Fsp3) is 0.231. The number of hydrogen-bond acceptors (Lipinski definition) is 5. The zero-order chi connectivity index (χ0) is 22.9. The van der Waals surface area contributed by atoms with Crippen LogP contribution in [0.3, 0.4) is 0 Å². The molecular formula is C26H26N2O4S. The third-order valence-corrected chi connectivity index (χ3v) is 6.16. The molecule has 1 aliphatic rings. The van der Waals surface area contributed by atoms with Gasteiger partial charge in [0.05, 0.1) is 31.1 Å². The van der Waals surface area contributed by atoms with Crippen LogP contribution in [0.15, 0.2) is 83.8 Å². The molecule has 1 N–H and O–H groups in total. The number of hydrogen-bond donors (Lipinski definition) is 1. The Balaban J connectivity index is 1.32. The first-order valence-corrected chi connectivity index (χ1v) is 11.9. The van der Waals surface area contributed by atoms with E-state index in [-0.39, 0.29) is 11.8 Å². The number of amides is 2. The molecule has 0 aromatic heterocycles. The van der Waals surface area contributed by atoms with E-state index in [1.165, 1.54) is 4.90 Å². The summed E-state index contributed by atoms with van der Waals surface area (Å²) in [5.74, 6) is 1.16. The van der Waals surface area contributed by atoms with E-state index in [0.717, 1.165) is 5.75 Å². The number of thioether (sulfide) groups is 1. The Morgan fingerprint density at radius 2 is 1.61 bits per heavy atom. The number of morpholine rings is 1. The molecule has 0 spiro atoms. The highest BCUT2D eigenvalue weighted by atomic mass is 32.2. The molecule has 3 aromatic carbocycles. The number of nitrogens with zero attached hydrogens (tertiary/aromatic N) is 1. The Morgan fingerprint density at radius 1 is 0.909 bits per heavy atom. The lowest BCUT2D eigenvalue weighted by atomic mass is 10.1. The number of benzene rings is 3. The average Bonchev–Trinajstić information content (AvgIpc) is 2.88. The first-order chi connectivity index (χ1) is 16.2. The summed E-state index contributed by atoms with van der Waals surface area (Å²) < 4.78 is 11.1. The van der Waals surface area contributed by atoms with Gasteiger partial charge in [0.15, 0.2) is 0 Å². The molecule has 2 amide bonds. The molecule has 1 aliphatic heterocycles. The smallest absolute Gasteiger partial charge is 0.256 e. The highest BCUT2D eigenvalue weighted by molar-refractivity contribution is 7.99. The maximum absolute atomic E-state index is 12.9. The lowest BCUT2D eigenvalue weighted by Gasteiger charge is -2.27. The molecular weight excluding hydrogens is 436 g/mol. The van der Waals surface area contributed by atoms with E-state index in [9.17, 15) is 9.59 Å². The molecule has 0 saturated carbocycles. The molecule has 1 heterocycles. The van der Waals surface area contributed by atoms with Gasteiger partial charge in [0.2, 0.25) is 0 Å². The molecule has 3 aromatic rings. The maximum Gasteiger partial charge on any atom is 0.256 e. The van der Waals surface area contributed by atoms with Crippen molar-refractivity contribution >= 4 is 29.3 Å². The van der Waals surface area contributed by atoms with Crippen LogP contribution in [0, 0.1) is 0 Å². The zero-order valence-electron chi connectivity index (χ0n) is 18.2. The second-order valence-corrected chi connectivity index (χ2v) is 8.61. The molecule has 6 nitrogen and oxygen atoms in total. The van der Waals surface area contributed by atoms with Crippen LogP contribution in [-0.4, -0.2) is 55.4 Å². The largest absolute Gasteiger partial charge is 0.493 e. The summed E-state index contributed by atoms with van der Waals surface area (Å²) in [7, 11) is 0. The summed E-state index contributed by atoms with van der Waals surface area (Å²) in [5.41, 5.74) is 1.47. The van der Waals surface area contributed by atoms with E-state index in [1.807, 2.05) is 18.2 Å². The minimum atomic E-state index is -0.275. The summed E-state index contributed by atoms with van der Waals surface area (Å²) in [6, 6.07) is 24.3. The van der Waals surface area contributed by atoms with Crippen molar-refractivity contribution in [2.75, 3.05) is 44.0 Å². The minimum Gasteiger partial charge on any atom is -0.493 e. The van der Waals surface area contributed by atoms with Crippen molar-refractivity contribution in [1.82, 2.24) is 4.90 Å². The monoisotopic (exact) mass is 462 g/mol. The number of carbonyl (C=O) groups excluding carboxylic acids is 2. The quantitative estimate of drug-likeness (QED) is 0.392. The SMILES string of the molecule is O=C(Nc1ccccc1C(=O)N1CCOCC1)c1ccc(OCCSc2ccccc2)cc1. The standard InChI is InChI=1S/C26H26N2O4S/c29-25(27-24-9-5-4-8-23(24)26(30)28-14-16-31-17-15-28)20-10-12-21(13-11-20)32-18-19-33-22-6-2-1-3-7-22/h1-13H,14-19H2,(H,27,29). The minimum absolute atomic E-state index is 0.105. The summed E-state index contributed by atoms with van der Waals surface area (Å²) in [6.07, 6.45) is 0. The maximum atomic E-state index is 12.9. The number of para-hydroxylation sites is 1. The van der Waals surface area contributed by atoms with Gasteiger partial charge < -0.3 is 19.7 Å². The molecule has 0 aliphatic carbocycles. The van der Waals surface area contributed by atoms with Crippen molar-refractivity contribution in [1.29, 1.82) is 0 Å². The molecule has 1 fully saturated rings. The van der Waals surface area contributed by atoms with Crippen LogP contribution in [0.5, 0.6) is 5.75 Å². The molecule has 7 heteroatoms. The number of anilines is 1. The van der Waals surface area contributed by atoms with Gasteiger partial charge in [-0.2, -0.15) is 0 Å². The number of carbonyl (C=O) groups is 2. The number of nitrogens with one attached hydrogen (secondary N) is 1. The van der Waals surface area contributed by atoms with Crippen molar-refractivity contribution < 1.29 is 19.1 Å². The predicted molar refractivity (Wildman–Crippen MR) is 130 cm³/mol. The zero-order valence-corrected chi connectivity index (χ0v) is 19.1. The van der Waals surface area contributed by atoms with Gasteiger partial charge in [-0.25, -0.2) is 0 Å². The Morgan fingerprint density at radius 3 is 2.36 bits per heavy atom. The molecule has 33 heavy (non-hydrogen) atoms. The third-order valence-electron chi connectivity index (χ3n) is 5.18. The highest BCUT2D eigenvalue weighted by Crippen LogP contribution is 2.21. The normalized spacial score (nSPS) is 13.4. The lowest BCUT2D eigenvalue weighted by molar-refractivity contribution is 0.0303. The van der Waals surface area contributed by atoms with Gasteiger partial charge in [-0.15, -0.1) is 11.8 Å². The van der Waals surface area contributed by atoms with E-state index in [4.69, 9.17) is 9.47 Å². The highest BCUT2D eigenvalue weighted by Gasteiger charge is 2.21. The Hall–Kier alpha value is -3.29. The van der Waals surface area contributed by atoms with Crippen molar-refractivity contribution in [3.8, 4) is 5.75 Å². The van der Waals surface area contributed by atoms with E-state index in [2.05, 4.69) is 17.4 Å². The van der Waals surface area contributed by atoms with Crippen LogP contribution in [0.25, 0.3) is 0 Å². The van der Waals surface area contributed by atoms with Gasteiger partial charge in [0.25, 0.3) is 11.8 Å². The molecule has 0 atom stereocenters. The Bertz CT molecular complexity index is 1070. The topological polar surface area (TPSA) is 67.9 Å². The van der Waals surface area contributed by atoms with E-state index >= 15 is 0 Å². The van der Waals surface area contributed by atoms with Crippen LogP contribution >= 0.6 is 11.8 Å². The molecule has 1 saturated heterocycles. The summed E-state index contributed by atoms with van der Waals surface area (Å²) in [5, 5.41) is 2.87. The van der Waals surface area contributed by atoms with Gasteiger partial charge in [-0.1, -0.05) is 30.3 Å². The second kappa shape index (κ2) is 11.5. The molecule has 170 valence electrons. The van der Waals surface area contributed by atoms with Gasteiger partial charge in [0, 0.05) is 29.3 Å². The fourth-order valence-corrected chi connectivity index (χ4v) is 4.20. The van der Waals surface area contributed by atoms with Crippen molar-refractivity contribution in [3.05, 3.63) is 90.0 Å². The Labute approximate surface area is 197 Å². The van der Waals surface area contributed by atoms with Gasteiger partial charge >= 0.3 is 0 Å². The van der Waals surface area contributed by atoms with Gasteiger partial charge in [0.1, 0.15) is 5.75 Å². The van der Waals surface area contributed by atoms with Crippen LogP contribution in [0.4, 0.5) is 5.69 Å². The van der Waals surface area contributed by atoms with E-state index in [0.29, 0.717) is 55.5 Å². The van der Waals surface area contributed by atoms with Crippen molar-refractivity contribution in [3.63, 3.8) is 0 Å². The number of rotatable bonds is 8. The predicted octanol–water partition coefficient (Wildman–Crippen LogP) is 4.58. The average molecular weight is 463 g/mol. The van der Waals surface area contributed by atoms with Crippen LogP contribution in [0.2, 0.25) is 0 Å². The van der Waals surface area contributed by atoms with E-state index in [1.54, 1.807) is 65.2 Å². The van der Waals surface area contributed by atoms with Crippen molar-refractivity contribution in [2.24, 2.45) is 0 Å². The Kier molecular flexibility index (Phi) is 8.00. The first kappa shape index (κ1) is 22.9. The second-order valence-electron chi connectivity index (χ2n) is 7.44. The molecule has 0 bridgehead atoms. The van der Waals surface area contributed by atoms with Crippen molar-refractivity contribution in [2.45, 2.75) is 4.90 Å². The molecule has 0 unspecified atom stereocenters. The van der Waals surface area contributed by atoms with Gasteiger partial charge in [-0.3, -0.25) is 9.59 Å².